The van der Waals surface area contributed by atoms with Crippen molar-refractivity contribution in [3.63, 3.8) is 0 Å². The maximum absolute atomic E-state index is 12.7. The van der Waals surface area contributed by atoms with E-state index in [1.165, 1.54) is 18.2 Å². The predicted octanol–water partition coefficient (Wildman–Crippen LogP) is 3.30. The first kappa shape index (κ1) is 20.2. The van der Waals surface area contributed by atoms with Crippen LogP contribution < -0.4 is 21.0 Å². The molecule has 0 saturated heterocycles. The second-order valence-corrected chi connectivity index (χ2v) is 6.45. The molecule has 1 heterocycles. The van der Waals surface area contributed by atoms with Gasteiger partial charge >= 0.3 is 0 Å². The number of aromatic nitrogens is 1. The van der Waals surface area contributed by atoms with Crippen LogP contribution in [0.2, 0.25) is 5.02 Å². The average molecular weight is 413 g/mol. The molecule has 1 aromatic heterocycles. The van der Waals surface area contributed by atoms with Gasteiger partial charge < -0.3 is 20.1 Å². The molecule has 0 unspecified atom stereocenters. The zero-order valence-electron chi connectivity index (χ0n) is 15.4. The van der Waals surface area contributed by atoms with E-state index in [-0.39, 0.29) is 16.5 Å². The molecule has 0 radical (unpaired) electrons. The van der Waals surface area contributed by atoms with E-state index in [2.05, 4.69) is 10.3 Å². The van der Waals surface area contributed by atoms with Gasteiger partial charge in [-0.25, -0.2) is 0 Å². The van der Waals surface area contributed by atoms with Gasteiger partial charge in [-0.05, 0) is 55.5 Å². The quantitative estimate of drug-likeness (QED) is 0.557. The molecule has 0 saturated carbocycles. The van der Waals surface area contributed by atoms with Crippen LogP contribution in [0.4, 0.5) is 5.69 Å². The number of aromatic hydroxyl groups is 1. The van der Waals surface area contributed by atoms with Crippen molar-refractivity contribution in [1.29, 1.82) is 0 Å². The number of amides is 1. The molecule has 29 heavy (non-hydrogen) atoms. The van der Waals surface area contributed by atoms with Crippen molar-refractivity contribution in [2.24, 2.45) is 0 Å². The normalized spacial score (nSPS) is 11.0. The molecular formula is C21H17ClN2O5. The molecule has 3 aromatic rings. The van der Waals surface area contributed by atoms with E-state index in [1.54, 1.807) is 24.3 Å². The van der Waals surface area contributed by atoms with Gasteiger partial charge in [0.25, 0.3) is 5.56 Å². The van der Waals surface area contributed by atoms with Crippen LogP contribution in [-0.2, 0) is 4.79 Å². The zero-order chi connectivity index (χ0) is 21.0. The van der Waals surface area contributed by atoms with Crippen molar-refractivity contribution in [1.82, 2.24) is 4.98 Å². The Labute approximate surface area is 170 Å². The maximum Gasteiger partial charge on any atom is 0.291 e. The van der Waals surface area contributed by atoms with Gasteiger partial charge in [0.2, 0.25) is 5.91 Å². The average Bonchev–Trinajstić information content (AvgIpc) is 2.77. The van der Waals surface area contributed by atoms with Crippen molar-refractivity contribution in [3.8, 4) is 11.5 Å². The number of hydrogen-bond donors (Lipinski definition) is 3. The summed E-state index contributed by atoms with van der Waals surface area (Å²) in [5, 5.41) is 13.2. The fourth-order valence-electron chi connectivity index (χ4n) is 2.67. The van der Waals surface area contributed by atoms with Crippen molar-refractivity contribution >= 4 is 40.2 Å². The number of carbonyl (C=O) groups excluding carboxylic acids is 1. The summed E-state index contributed by atoms with van der Waals surface area (Å²) in [6, 6.07) is 11.1. The van der Waals surface area contributed by atoms with E-state index >= 15 is 0 Å². The number of carbonyl (C=O) groups is 1. The summed E-state index contributed by atoms with van der Waals surface area (Å²) in [4.78, 5) is 39.4. The molecule has 7 nitrogen and oxygen atoms in total. The number of nitrogens with one attached hydrogen (secondary N) is 2. The predicted molar refractivity (Wildman–Crippen MR) is 113 cm³/mol. The number of aromatic amines is 1. The van der Waals surface area contributed by atoms with Crippen molar-refractivity contribution in [2.75, 3.05) is 11.9 Å². The zero-order valence-corrected chi connectivity index (χ0v) is 16.1. The molecule has 3 N–H and O–H groups in total. The Hall–Kier alpha value is -3.58. The molecule has 3 rings (SSSR count). The third-order valence-corrected chi connectivity index (χ3v) is 4.26. The molecule has 0 bridgehead atoms. The largest absolute Gasteiger partial charge is 0.503 e. The lowest BCUT2D eigenvalue weighted by Crippen LogP contribution is -2.09. The van der Waals surface area contributed by atoms with Crippen LogP contribution in [0.5, 0.6) is 11.5 Å². The van der Waals surface area contributed by atoms with Crippen LogP contribution in [0, 0.1) is 0 Å². The van der Waals surface area contributed by atoms with Crippen LogP contribution in [0.1, 0.15) is 12.5 Å². The van der Waals surface area contributed by atoms with Crippen LogP contribution in [0.25, 0.3) is 17.0 Å². The van der Waals surface area contributed by atoms with Crippen molar-refractivity contribution < 1.29 is 14.6 Å². The van der Waals surface area contributed by atoms with Gasteiger partial charge in [-0.3, -0.25) is 14.4 Å². The summed E-state index contributed by atoms with van der Waals surface area (Å²) >= 11 is 5.89. The molecule has 0 aliphatic rings. The van der Waals surface area contributed by atoms with E-state index in [0.717, 1.165) is 12.2 Å². The Kier molecular flexibility index (Phi) is 5.99. The highest BCUT2D eigenvalue weighted by atomic mass is 35.5. The highest BCUT2D eigenvalue weighted by molar-refractivity contribution is 6.31. The van der Waals surface area contributed by atoms with Crippen molar-refractivity contribution in [3.05, 3.63) is 79.7 Å². The molecule has 1 amide bonds. The number of halogens is 1. The molecule has 0 atom stereocenters. The van der Waals surface area contributed by atoms with E-state index in [4.69, 9.17) is 16.3 Å². The summed E-state index contributed by atoms with van der Waals surface area (Å²) in [6.07, 6.45) is 2.17. The van der Waals surface area contributed by atoms with Crippen LogP contribution >= 0.6 is 11.6 Å². The summed E-state index contributed by atoms with van der Waals surface area (Å²) in [7, 11) is 0. The Morgan fingerprint density at radius 3 is 2.62 bits per heavy atom. The van der Waals surface area contributed by atoms with E-state index in [1.807, 2.05) is 6.92 Å². The van der Waals surface area contributed by atoms with Crippen LogP contribution in [0.3, 0.4) is 0 Å². The lowest BCUT2D eigenvalue weighted by molar-refractivity contribution is -0.111. The summed E-state index contributed by atoms with van der Waals surface area (Å²) < 4.78 is 5.33. The topological polar surface area (TPSA) is 108 Å². The monoisotopic (exact) mass is 412 g/mol. The first-order chi connectivity index (χ1) is 13.9. The van der Waals surface area contributed by atoms with E-state index in [9.17, 15) is 19.5 Å². The minimum Gasteiger partial charge on any atom is -0.503 e. The van der Waals surface area contributed by atoms with Gasteiger partial charge in [0, 0.05) is 22.2 Å². The second-order valence-electron chi connectivity index (χ2n) is 6.02. The van der Waals surface area contributed by atoms with Gasteiger partial charge in [0.1, 0.15) is 5.75 Å². The third kappa shape index (κ3) is 4.64. The molecule has 8 heteroatoms. The number of anilines is 1. The highest BCUT2D eigenvalue weighted by Crippen LogP contribution is 2.18. The third-order valence-electron chi connectivity index (χ3n) is 4.02. The number of H-pyrrole nitrogens is 1. The fourth-order valence-corrected chi connectivity index (χ4v) is 2.85. The first-order valence-electron chi connectivity index (χ1n) is 8.69. The van der Waals surface area contributed by atoms with Crippen LogP contribution in [0.15, 0.2) is 58.1 Å². The fraction of sp³-hybridized carbons (Fsp3) is 0.0952. The molecule has 0 aliphatic carbocycles. The highest BCUT2D eigenvalue weighted by Gasteiger charge is 2.11. The van der Waals surface area contributed by atoms with E-state index < -0.39 is 22.6 Å². The summed E-state index contributed by atoms with van der Waals surface area (Å²) in [5.74, 6) is -0.652. The Morgan fingerprint density at radius 2 is 1.93 bits per heavy atom. The number of hydrogen-bond acceptors (Lipinski definition) is 5. The number of ether oxygens (including phenoxy) is 1. The standard InChI is InChI=1S/C21H17ClN2O5/c1-2-29-14-6-4-13(5-7-14)23-18(25)10-9-16-19(26)15-8-3-12(22)11-17(15)24-21(28)20(16)27/h3-11,27H,2H2,1H3,(H,23,25)(H,24,28). The van der Waals surface area contributed by atoms with Gasteiger partial charge in [-0.2, -0.15) is 0 Å². The minimum absolute atomic E-state index is 0.151. The molecular weight excluding hydrogens is 396 g/mol. The molecule has 148 valence electrons. The molecule has 0 spiro atoms. The summed E-state index contributed by atoms with van der Waals surface area (Å²) in [6.45, 7) is 2.40. The number of fused-ring (bicyclic) bond motifs is 1. The Bertz CT molecular complexity index is 1220. The first-order valence-corrected chi connectivity index (χ1v) is 9.07. The van der Waals surface area contributed by atoms with Gasteiger partial charge in [0.05, 0.1) is 17.7 Å². The smallest absolute Gasteiger partial charge is 0.291 e. The SMILES string of the molecule is CCOc1ccc(NC(=O)C=Cc2c(O)c(=O)[nH]c3cc(Cl)ccc3c2=O)cc1. The van der Waals surface area contributed by atoms with Crippen molar-refractivity contribution in [2.45, 2.75) is 6.92 Å². The molecule has 2 aromatic carbocycles. The second kappa shape index (κ2) is 8.62. The molecule has 0 aliphatic heterocycles. The minimum atomic E-state index is -0.870. The lowest BCUT2D eigenvalue weighted by atomic mass is 10.1. The Morgan fingerprint density at radius 1 is 1.21 bits per heavy atom. The van der Waals surface area contributed by atoms with Crippen LogP contribution in [-0.4, -0.2) is 22.6 Å². The number of benzene rings is 2. The van der Waals surface area contributed by atoms with Gasteiger partial charge in [0.15, 0.2) is 11.2 Å². The summed E-state index contributed by atoms with van der Waals surface area (Å²) in [5.41, 5.74) is -1.08. The maximum atomic E-state index is 12.7. The lowest BCUT2D eigenvalue weighted by Gasteiger charge is -2.05. The number of rotatable bonds is 5. The van der Waals surface area contributed by atoms with Gasteiger partial charge in [-0.15, -0.1) is 0 Å². The van der Waals surface area contributed by atoms with E-state index in [0.29, 0.717) is 23.1 Å². The molecule has 0 fully saturated rings. The Balaban J connectivity index is 1.92. The van der Waals surface area contributed by atoms with Gasteiger partial charge in [-0.1, -0.05) is 11.6 Å².